The molecule has 0 bridgehead atoms. The summed E-state index contributed by atoms with van der Waals surface area (Å²) >= 11 is 0. The Morgan fingerprint density at radius 1 is 1.05 bits per heavy atom. The summed E-state index contributed by atoms with van der Waals surface area (Å²) < 4.78 is 0. The van der Waals surface area contributed by atoms with E-state index in [-0.39, 0.29) is 18.1 Å². The number of ketones is 1. The lowest BCUT2D eigenvalue weighted by atomic mass is 10.1. The van der Waals surface area contributed by atoms with Gasteiger partial charge in [-0.15, -0.1) is 0 Å². The topological polar surface area (TPSA) is 57.5 Å². The van der Waals surface area contributed by atoms with E-state index in [2.05, 4.69) is 0 Å². The molecule has 0 unspecified atom stereocenters. The number of aliphatic hydroxyl groups is 1. The number of carbonyl (C=O) groups is 1. The SMILES string of the molecule is CCO.O=C(C=Cc1ccccc1)c1ccc(O)cc1. The van der Waals surface area contributed by atoms with Crippen LogP contribution < -0.4 is 0 Å². The zero-order valence-electron chi connectivity index (χ0n) is 11.4. The van der Waals surface area contributed by atoms with E-state index in [4.69, 9.17) is 10.2 Å². The number of aromatic hydroxyl groups is 1. The van der Waals surface area contributed by atoms with E-state index < -0.39 is 0 Å². The van der Waals surface area contributed by atoms with Crippen molar-refractivity contribution in [3.8, 4) is 5.75 Å². The van der Waals surface area contributed by atoms with E-state index in [1.54, 1.807) is 25.1 Å². The molecule has 0 radical (unpaired) electrons. The standard InChI is InChI=1S/C15H12O2.C2H6O/c16-14-9-7-13(8-10-14)15(17)11-6-12-4-2-1-3-5-12;1-2-3/h1-11,16H;3H,2H2,1H3. The molecule has 0 atom stereocenters. The van der Waals surface area contributed by atoms with Gasteiger partial charge in [-0.1, -0.05) is 36.4 Å². The number of allylic oxidation sites excluding steroid dienone is 1. The molecule has 0 saturated carbocycles. The average Bonchev–Trinajstić information content (AvgIpc) is 2.47. The highest BCUT2D eigenvalue weighted by atomic mass is 16.3. The Kier molecular flexibility index (Phi) is 6.79. The van der Waals surface area contributed by atoms with Gasteiger partial charge in [0.1, 0.15) is 5.75 Å². The molecule has 0 aliphatic heterocycles. The Bertz CT molecular complexity index is 542. The maximum absolute atomic E-state index is 11.8. The van der Waals surface area contributed by atoms with E-state index in [9.17, 15) is 4.79 Å². The fraction of sp³-hybridized carbons (Fsp3) is 0.118. The van der Waals surface area contributed by atoms with Crippen LogP contribution in [0.15, 0.2) is 60.7 Å². The van der Waals surface area contributed by atoms with Crippen LogP contribution in [0, 0.1) is 0 Å². The molecule has 20 heavy (non-hydrogen) atoms. The predicted octanol–water partition coefficient (Wildman–Crippen LogP) is 3.29. The lowest BCUT2D eigenvalue weighted by molar-refractivity contribution is 0.104. The smallest absolute Gasteiger partial charge is 0.185 e. The number of carbonyl (C=O) groups excluding carboxylic acids is 1. The Hall–Kier alpha value is -2.39. The van der Waals surface area contributed by atoms with Crippen molar-refractivity contribution in [2.75, 3.05) is 6.61 Å². The van der Waals surface area contributed by atoms with Gasteiger partial charge in [0.25, 0.3) is 0 Å². The third kappa shape index (κ3) is 5.50. The van der Waals surface area contributed by atoms with Crippen molar-refractivity contribution in [3.05, 3.63) is 71.8 Å². The Morgan fingerprint density at radius 2 is 1.60 bits per heavy atom. The monoisotopic (exact) mass is 270 g/mol. The molecule has 3 heteroatoms. The number of hydrogen-bond donors (Lipinski definition) is 2. The van der Waals surface area contributed by atoms with Crippen molar-refractivity contribution in [1.29, 1.82) is 0 Å². The molecule has 0 saturated heterocycles. The predicted molar refractivity (Wildman–Crippen MR) is 80.7 cm³/mol. The Balaban J connectivity index is 0.000000612. The lowest BCUT2D eigenvalue weighted by Gasteiger charge is -1.96. The summed E-state index contributed by atoms with van der Waals surface area (Å²) in [4.78, 5) is 11.8. The minimum atomic E-state index is -0.0751. The van der Waals surface area contributed by atoms with Gasteiger partial charge in [0.2, 0.25) is 0 Å². The normalized spacial score (nSPS) is 9.90. The average molecular weight is 270 g/mol. The first-order valence-corrected chi connectivity index (χ1v) is 6.34. The molecule has 0 amide bonds. The molecule has 0 aliphatic rings. The van der Waals surface area contributed by atoms with E-state index in [1.165, 1.54) is 18.2 Å². The van der Waals surface area contributed by atoms with Crippen LogP contribution in [0.25, 0.3) is 6.08 Å². The lowest BCUT2D eigenvalue weighted by Crippen LogP contribution is -1.92. The fourth-order valence-electron chi connectivity index (χ4n) is 1.46. The molecule has 0 spiro atoms. The molecule has 0 aromatic heterocycles. The third-order valence-corrected chi connectivity index (χ3v) is 2.38. The van der Waals surface area contributed by atoms with Crippen LogP contribution in [0.4, 0.5) is 0 Å². The molecule has 2 rings (SSSR count). The van der Waals surface area contributed by atoms with Gasteiger partial charge in [-0.05, 0) is 42.8 Å². The van der Waals surface area contributed by atoms with Crippen LogP contribution in [-0.4, -0.2) is 22.6 Å². The Morgan fingerprint density at radius 3 is 2.15 bits per heavy atom. The summed E-state index contributed by atoms with van der Waals surface area (Å²) in [6.45, 7) is 1.93. The Labute approximate surface area is 118 Å². The van der Waals surface area contributed by atoms with Crippen molar-refractivity contribution in [1.82, 2.24) is 0 Å². The number of hydrogen-bond acceptors (Lipinski definition) is 3. The molecule has 0 aliphatic carbocycles. The molecular weight excluding hydrogens is 252 g/mol. The summed E-state index contributed by atoms with van der Waals surface area (Å²) in [7, 11) is 0. The number of benzene rings is 2. The second-order valence-corrected chi connectivity index (χ2v) is 3.97. The maximum atomic E-state index is 11.8. The van der Waals surface area contributed by atoms with Crippen LogP contribution in [0.2, 0.25) is 0 Å². The van der Waals surface area contributed by atoms with Crippen molar-refractivity contribution < 1.29 is 15.0 Å². The van der Waals surface area contributed by atoms with E-state index in [0.717, 1.165) is 5.56 Å². The molecule has 2 aromatic rings. The second kappa shape index (κ2) is 8.67. The van der Waals surface area contributed by atoms with Crippen LogP contribution in [0.1, 0.15) is 22.8 Å². The van der Waals surface area contributed by atoms with Crippen LogP contribution in [0.5, 0.6) is 5.75 Å². The second-order valence-electron chi connectivity index (χ2n) is 3.97. The van der Waals surface area contributed by atoms with Gasteiger partial charge in [0, 0.05) is 12.2 Å². The number of phenolic OH excluding ortho intramolecular Hbond substituents is 1. The molecule has 104 valence electrons. The summed E-state index contributed by atoms with van der Waals surface area (Å²) in [5.41, 5.74) is 1.55. The minimum absolute atomic E-state index is 0.0751. The highest BCUT2D eigenvalue weighted by molar-refractivity contribution is 6.06. The van der Waals surface area contributed by atoms with E-state index >= 15 is 0 Å². The van der Waals surface area contributed by atoms with Crippen molar-refractivity contribution in [2.24, 2.45) is 0 Å². The summed E-state index contributed by atoms with van der Waals surface area (Å²) in [6, 6.07) is 15.9. The third-order valence-electron chi connectivity index (χ3n) is 2.38. The summed E-state index contributed by atoms with van der Waals surface area (Å²) in [6.07, 6.45) is 3.30. The number of rotatable bonds is 3. The highest BCUT2D eigenvalue weighted by Crippen LogP contribution is 2.11. The van der Waals surface area contributed by atoms with Crippen LogP contribution >= 0.6 is 0 Å². The van der Waals surface area contributed by atoms with Crippen molar-refractivity contribution in [2.45, 2.75) is 6.92 Å². The first-order valence-electron chi connectivity index (χ1n) is 6.34. The van der Waals surface area contributed by atoms with Crippen molar-refractivity contribution >= 4 is 11.9 Å². The van der Waals surface area contributed by atoms with Crippen molar-refractivity contribution in [3.63, 3.8) is 0 Å². The molecule has 2 N–H and O–H groups in total. The molecular formula is C17H18O3. The minimum Gasteiger partial charge on any atom is -0.508 e. The summed E-state index contributed by atoms with van der Waals surface area (Å²) in [5, 5.41) is 16.7. The summed E-state index contributed by atoms with van der Waals surface area (Å²) in [5.74, 6) is 0.0856. The quantitative estimate of drug-likeness (QED) is 0.664. The largest absolute Gasteiger partial charge is 0.508 e. The van der Waals surface area contributed by atoms with Gasteiger partial charge in [-0.25, -0.2) is 0 Å². The molecule has 3 nitrogen and oxygen atoms in total. The van der Waals surface area contributed by atoms with Gasteiger partial charge in [-0.3, -0.25) is 4.79 Å². The van der Waals surface area contributed by atoms with E-state index in [1.807, 2.05) is 30.3 Å². The zero-order chi connectivity index (χ0) is 14.8. The fourth-order valence-corrected chi connectivity index (χ4v) is 1.46. The zero-order valence-corrected chi connectivity index (χ0v) is 11.4. The molecule has 2 aromatic carbocycles. The van der Waals surface area contributed by atoms with Crippen LogP contribution in [0.3, 0.4) is 0 Å². The molecule has 0 heterocycles. The molecule has 0 fully saturated rings. The van der Waals surface area contributed by atoms with Gasteiger partial charge < -0.3 is 10.2 Å². The maximum Gasteiger partial charge on any atom is 0.185 e. The highest BCUT2D eigenvalue weighted by Gasteiger charge is 2.00. The van der Waals surface area contributed by atoms with Gasteiger partial charge in [0.15, 0.2) is 5.78 Å². The van der Waals surface area contributed by atoms with Crippen LogP contribution in [-0.2, 0) is 0 Å². The number of aliphatic hydroxyl groups excluding tert-OH is 1. The first-order chi connectivity index (χ1) is 9.67. The van der Waals surface area contributed by atoms with Gasteiger partial charge in [0.05, 0.1) is 0 Å². The van der Waals surface area contributed by atoms with E-state index in [0.29, 0.717) is 5.56 Å². The number of phenols is 1. The van der Waals surface area contributed by atoms with Gasteiger partial charge >= 0.3 is 0 Å². The first kappa shape index (κ1) is 15.7. The van der Waals surface area contributed by atoms with Gasteiger partial charge in [-0.2, -0.15) is 0 Å².